The molecule has 1 heterocycles. The molecular weight excluding hydrogens is 462 g/mol. The van der Waals surface area contributed by atoms with Crippen LogP contribution in [0.1, 0.15) is 53.5 Å². The summed E-state index contributed by atoms with van der Waals surface area (Å²) < 4.78 is 80.6. The van der Waals surface area contributed by atoms with Gasteiger partial charge in [-0.1, -0.05) is 20.8 Å². The van der Waals surface area contributed by atoms with E-state index in [0.717, 1.165) is 0 Å². The molecule has 0 fully saturated rings. The summed E-state index contributed by atoms with van der Waals surface area (Å²) in [5.41, 5.74) is -3.43. The van der Waals surface area contributed by atoms with E-state index < -0.39 is 40.4 Å². The van der Waals surface area contributed by atoms with E-state index in [-0.39, 0.29) is 11.9 Å². The van der Waals surface area contributed by atoms with Crippen LogP contribution >= 0.6 is 0 Å². The Balaban J connectivity index is 2.08. The number of benzene rings is 2. The predicted octanol–water partition coefficient (Wildman–Crippen LogP) is 6.33. The second-order valence-electron chi connectivity index (χ2n) is 8.45. The zero-order valence-corrected chi connectivity index (χ0v) is 18.1. The molecule has 0 saturated heterocycles. The number of carbonyl (C=O) groups excluding carboxylic acids is 1. The van der Waals surface area contributed by atoms with Gasteiger partial charge in [-0.3, -0.25) is 4.79 Å². The fourth-order valence-corrected chi connectivity index (χ4v) is 3.05. The quantitative estimate of drug-likeness (QED) is 0.446. The number of hydrogen-bond donors (Lipinski definition) is 1. The molecule has 0 unspecified atom stereocenters. The second kappa shape index (κ2) is 8.52. The van der Waals surface area contributed by atoms with Gasteiger partial charge in [-0.05, 0) is 42.5 Å². The van der Waals surface area contributed by atoms with Gasteiger partial charge in [-0.15, -0.1) is 0 Å². The minimum atomic E-state index is -5.20. The van der Waals surface area contributed by atoms with Crippen LogP contribution in [0.4, 0.5) is 32.2 Å². The van der Waals surface area contributed by atoms with Crippen LogP contribution < -0.4 is 5.32 Å². The predicted molar refractivity (Wildman–Crippen MR) is 111 cm³/mol. The SMILES string of the molecule is CC(C)(C)c1cc(NC(=O)c2ccc(C(F)(F)F)cc2C(F)(F)F)n(-c2ccc(C#N)cc2)n1. The highest BCUT2D eigenvalue weighted by Crippen LogP contribution is 2.37. The van der Waals surface area contributed by atoms with Gasteiger partial charge in [0.25, 0.3) is 5.91 Å². The number of nitrogens with zero attached hydrogens (tertiary/aromatic N) is 3. The largest absolute Gasteiger partial charge is 0.417 e. The lowest BCUT2D eigenvalue weighted by atomic mass is 9.92. The van der Waals surface area contributed by atoms with E-state index in [1.807, 2.05) is 26.8 Å². The number of anilines is 1. The molecule has 0 radical (unpaired) electrons. The van der Waals surface area contributed by atoms with Crippen LogP contribution in [0.5, 0.6) is 0 Å². The molecule has 0 atom stereocenters. The van der Waals surface area contributed by atoms with Crippen molar-refractivity contribution in [2.24, 2.45) is 0 Å². The lowest BCUT2D eigenvalue weighted by Crippen LogP contribution is -2.21. The summed E-state index contributed by atoms with van der Waals surface area (Å²) in [6.07, 6.45) is -10.2. The van der Waals surface area contributed by atoms with Crippen molar-refractivity contribution in [2.45, 2.75) is 38.5 Å². The number of aromatic nitrogens is 2. The van der Waals surface area contributed by atoms with Crippen molar-refractivity contribution in [1.29, 1.82) is 5.26 Å². The van der Waals surface area contributed by atoms with Gasteiger partial charge in [0, 0.05) is 11.5 Å². The van der Waals surface area contributed by atoms with Gasteiger partial charge in [0.2, 0.25) is 0 Å². The van der Waals surface area contributed by atoms with Gasteiger partial charge < -0.3 is 5.32 Å². The fourth-order valence-electron chi connectivity index (χ4n) is 3.05. The number of alkyl halides is 6. The summed E-state index contributed by atoms with van der Waals surface area (Å²) in [5.74, 6) is -1.25. The highest BCUT2D eigenvalue weighted by molar-refractivity contribution is 6.05. The average molecular weight is 480 g/mol. The van der Waals surface area contributed by atoms with E-state index in [2.05, 4.69) is 10.4 Å². The van der Waals surface area contributed by atoms with E-state index in [9.17, 15) is 31.1 Å². The molecule has 0 aliphatic carbocycles. The van der Waals surface area contributed by atoms with Crippen molar-refractivity contribution in [3.63, 3.8) is 0 Å². The Bertz CT molecular complexity index is 1260. The summed E-state index contributed by atoms with van der Waals surface area (Å²) in [7, 11) is 0. The molecule has 2 aromatic carbocycles. The zero-order valence-electron chi connectivity index (χ0n) is 18.1. The van der Waals surface area contributed by atoms with Crippen LogP contribution in [0.25, 0.3) is 5.69 Å². The molecule has 0 saturated carbocycles. The van der Waals surface area contributed by atoms with Crippen molar-refractivity contribution in [3.05, 3.63) is 76.5 Å². The molecule has 1 aromatic heterocycles. The summed E-state index contributed by atoms with van der Waals surface area (Å²) in [4.78, 5) is 12.8. The Hall–Kier alpha value is -3.81. The molecule has 0 spiro atoms. The maximum Gasteiger partial charge on any atom is 0.417 e. The first-order valence-corrected chi connectivity index (χ1v) is 9.82. The number of hydrogen-bond acceptors (Lipinski definition) is 3. The van der Waals surface area contributed by atoms with Crippen molar-refractivity contribution < 1.29 is 31.1 Å². The molecule has 0 aliphatic rings. The minimum absolute atomic E-state index is 0.00709. The van der Waals surface area contributed by atoms with Crippen LogP contribution in [0.2, 0.25) is 0 Å². The second-order valence-corrected chi connectivity index (χ2v) is 8.45. The van der Waals surface area contributed by atoms with E-state index in [4.69, 9.17) is 5.26 Å². The number of nitrogens with one attached hydrogen (secondary N) is 1. The van der Waals surface area contributed by atoms with Crippen molar-refractivity contribution in [1.82, 2.24) is 9.78 Å². The number of carbonyl (C=O) groups is 1. The smallest absolute Gasteiger partial charge is 0.306 e. The fraction of sp³-hybridized carbons (Fsp3) is 0.261. The normalized spacial score (nSPS) is 12.4. The highest BCUT2D eigenvalue weighted by atomic mass is 19.4. The molecule has 1 N–H and O–H groups in total. The molecule has 0 aliphatic heterocycles. The first-order valence-electron chi connectivity index (χ1n) is 9.82. The van der Waals surface area contributed by atoms with Crippen LogP contribution in [-0.4, -0.2) is 15.7 Å². The zero-order chi connectivity index (χ0) is 25.5. The number of nitriles is 1. The molecule has 5 nitrogen and oxygen atoms in total. The van der Waals surface area contributed by atoms with Gasteiger partial charge in [-0.2, -0.15) is 36.7 Å². The van der Waals surface area contributed by atoms with Gasteiger partial charge in [-0.25, -0.2) is 4.68 Å². The average Bonchev–Trinajstić information content (AvgIpc) is 3.16. The maximum absolute atomic E-state index is 13.5. The number of halogens is 6. The molecule has 34 heavy (non-hydrogen) atoms. The third kappa shape index (κ3) is 5.22. The van der Waals surface area contributed by atoms with Crippen molar-refractivity contribution in [2.75, 3.05) is 5.32 Å². The summed E-state index contributed by atoms with van der Waals surface area (Å²) in [6, 6.07) is 10.3. The molecule has 178 valence electrons. The molecule has 11 heteroatoms. The Morgan fingerprint density at radius 2 is 1.56 bits per heavy atom. The number of rotatable bonds is 3. The monoisotopic (exact) mass is 480 g/mol. The Labute approximate surface area is 190 Å². The molecule has 0 bridgehead atoms. The minimum Gasteiger partial charge on any atom is -0.306 e. The molecular formula is C23H18F6N4O. The topological polar surface area (TPSA) is 70.7 Å². The first kappa shape index (κ1) is 24.8. The van der Waals surface area contributed by atoms with Gasteiger partial charge in [0.05, 0.1) is 39.7 Å². The first-order chi connectivity index (χ1) is 15.6. The molecule has 1 amide bonds. The lowest BCUT2D eigenvalue weighted by Gasteiger charge is -2.16. The summed E-state index contributed by atoms with van der Waals surface area (Å²) in [5, 5.41) is 15.7. The van der Waals surface area contributed by atoms with Gasteiger partial charge in [0.1, 0.15) is 5.82 Å². The van der Waals surface area contributed by atoms with Crippen LogP contribution in [-0.2, 0) is 17.8 Å². The number of amides is 1. The third-order valence-electron chi connectivity index (χ3n) is 4.86. The standard InChI is InChI=1S/C23H18F6N4O/c1-21(2,3)18-11-19(33(32-18)15-7-4-13(12-30)5-8-15)31-20(34)16-9-6-14(22(24,25)26)10-17(16)23(27,28)29/h4-11H,1-3H3,(H,31,34). The maximum atomic E-state index is 13.5. The van der Waals surface area contributed by atoms with E-state index in [1.54, 1.807) is 0 Å². The summed E-state index contributed by atoms with van der Waals surface area (Å²) in [6.45, 7) is 5.50. The van der Waals surface area contributed by atoms with E-state index in [0.29, 0.717) is 29.1 Å². The van der Waals surface area contributed by atoms with Crippen molar-refractivity contribution in [3.8, 4) is 11.8 Å². The molecule has 3 aromatic rings. The van der Waals surface area contributed by atoms with Gasteiger partial charge >= 0.3 is 12.4 Å². The Morgan fingerprint density at radius 1 is 0.941 bits per heavy atom. The van der Waals surface area contributed by atoms with E-state index >= 15 is 0 Å². The van der Waals surface area contributed by atoms with Crippen LogP contribution in [0, 0.1) is 11.3 Å². The Morgan fingerprint density at radius 3 is 2.06 bits per heavy atom. The lowest BCUT2D eigenvalue weighted by molar-refractivity contribution is -0.143. The summed E-state index contributed by atoms with van der Waals surface area (Å²) >= 11 is 0. The highest BCUT2D eigenvalue weighted by Gasteiger charge is 2.39. The van der Waals surface area contributed by atoms with Gasteiger partial charge in [0.15, 0.2) is 0 Å². The van der Waals surface area contributed by atoms with Crippen molar-refractivity contribution >= 4 is 11.7 Å². The van der Waals surface area contributed by atoms with E-state index in [1.165, 1.54) is 35.0 Å². The molecule has 3 rings (SSSR count). The van der Waals surface area contributed by atoms with Crippen LogP contribution in [0.15, 0.2) is 48.5 Å². The van der Waals surface area contributed by atoms with Crippen LogP contribution in [0.3, 0.4) is 0 Å². The Kier molecular flexibility index (Phi) is 6.22. The third-order valence-corrected chi connectivity index (χ3v) is 4.86.